The van der Waals surface area contributed by atoms with Gasteiger partial charge in [0.05, 0.1) is 5.92 Å². The molecule has 1 N–H and O–H groups in total. The number of aromatic nitrogens is 3. The van der Waals surface area contributed by atoms with Gasteiger partial charge in [-0.1, -0.05) is 0 Å². The van der Waals surface area contributed by atoms with Crippen LogP contribution in [0.3, 0.4) is 0 Å². The van der Waals surface area contributed by atoms with Crippen LogP contribution in [0, 0.1) is 10.7 Å². The molecule has 1 aromatic heterocycles. The zero-order valence-electron chi connectivity index (χ0n) is 13.9. The zero-order chi connectivity index (χ0) is 16.8. The maximum absolute atomic E-state index is 12.9. The third-order valence-electron chi connectivity index (χ3n) is 5.51. The second kappa shape index (κ2) is 5.98. The standard InChI is InChI=1S/C16H23N5O2S/c1-19-14(17-18-16(19)24)10-3-2-6-20(8-10)15(23)11-7-13(22)21(9-11)12-4-5-12/h10-12H,2-9H2,1H3,(H,18,24)/t10-,11+/m0/s1. The lowest BCUT2D eigenvalue weighted by Crippen LogP contribution is -2.43. The van der Waals surface area contributed by atoms with Crippen LogP contribution in [0.2, 0.25) is 0 Å². The van der Waals surface area contributed by atoms with Gasteiger partial charge in [0.2, 0.25) is 11.8 Å². The van der Waals surface area contributed by atoms with Crippen LogP contribution in [-0.4, -0.2) is 62.1 Å². The average molecular weight is 349 g/mol. The predicted octanol–water partition coefficient (Wildman–Crippen LogP) is 1.19. The van der Waals surface area contributed by atoms with Gasteiger partial charge in [0.15, 0.2) is 4.77 Å². The van der Waals surface area contributed by atoms with Crippen LogP contribution in [0.1, 0.15) is 43.8 Å². The topological polar surface area (TPSA) is 74.2 Å². The molecule has 3 fully saturated rings. The molecule has 0 unspecified atom stereocenters. The first-order chi connectivity index (χ1) is 11.5. The Kier molecular flexibility index (Phi) is 3.94. The average Bonchev–Trinajstić information content (AvgIpc) is 3.28. The number of hydrogen-bond donors (Lipinski definition) is 1. The molecule has 8 heteroatoms. The van der Waals surface area contributed by atoms with E-state index in [-0.39, 0.29) is 23.7 Å². The van der Waals surface area contributed by atoms with E-state index >= 15 is 0 Å². The van der Waals surface area contributed by atoms with Gasteiger partial charge < -0.3 is 14.4 Å². The van der Waals surface area contributed by atoms with Crippen LogP contribution >= 0.6 is 12.2 Å². The maximum atomic E-state index is 12.9. The number of carbonyl (C=O) groups excluding carboxylic acids is 2. The highest BCUT2D eigenvalue weighted by atomic mass is 32.1. The quantitative estimate of drug-likeness (QED) is 0.832. The summed E-state index contributed by atoms with van der Waals surface area (Å²) in [6, 6.07) is 0.401. The Bertz CT molecular complexity index is 722. The Hall–Kier alpha value is -1.70. The molecule has 0 bridgehead atoms. The van der Waals surface area contributed by atoms with E-state index in [1.807, 2.05) is 21.4 Å². The number of piperidine rings is 1. The number of carbonyl (C=O) groups is 2. The Morgan fingerprint density at radius 2 is 2.08 bits per heavy atom. The number of nitrogens with one attached hydrogen (secondary N) is 1. The molecule has 130 valence electrons. The monoisotopic (exact) mass is 349 g/mol. The van der Waals surface area contributed by atoms with Crippen molar-refractivity contribution in [3.8, 4) is 0 Å². The fourth-order valence-corrected chi connectivity index (χ4v) is 4.15. The van der Waals surface area contributed by atoms with Crippen LogP contribution in [0.15, 0.2) is 0 Å². The summed E-state index contributed by atoms with van der Waals surface area (Å²) in [6.07, 6.45) is 4.54. The van der Waals surface area contributed by atoms with Gasteiger partial charge >= 0.3 is 0 Å². The molecule has 2 atom stereocenters. The smallest absolute Gasteiger partial charge is 0.228 e. The second-order valence-corrected chi connectivity index (χ2v) is 7.63. The maximum Gasteiger partial charge on any atom is 0.228 e. The van der Waals surface area contributed by atoms with Crippen molar-refractivity contribution in [1.82, 2.24) is 24.6 Å². The molecule has 7 nitrogen and oxygen atoms in total. The van der Waals surface area contributed by atoms with Gasteiger partial charge in [-0.15, -0.1) is 0 Å². The van der Waals surface area contributed by atoms with E-state index in [1.165, 1.54) is 0 Å². The summed E-state index contributed by atoms with van der Waals surface area (Å²) >= 11 is 5.19. The molecule has 3 aliphatic rings. The van der Waals surface area contributed by atoms with E-state index < -0.39 is 0 Å². The number of H-pyrrole nitrogens is 1. The summed E-state index contributed by atoms with van der Waals surface area (Å²) in [4.78, 5) is 28.9. The van der Waals surface area contributed by atoms with Gasteiger partial charge in [-0.05, 0) is 37.9 Å². The lowest BCUT2D eigenvalue weighted by Gasteiger charge is -2.33. The number of aromatic amines is 1. The summed E-state index contributed by atoms with van der Waals surface area (Å²) in [7, 11) is 1.91. The second-order valence-electron chi connectivity index (χ2n) is 7.25. The van der Waals surface area contributed by atoms with Crippen molar-refractivity contribution in [2.75, 3.05) is 19.6 Å². The first-order valence-electron chi connectivity index (χ1n) is 8.74. The number of amides is 2. The third kappa shape index (κ3) is 2.76. The van der Waals surface area contributed by atoms with E-state index in [0.717, 1.165) is 38.1 Å². The first kappa shape index (κ1) is 15.8. The van der Waals surface area contributed by atoms with Crippen molar-refractivity contribution in [2.24, 2.45) is 13.0 Å². The van der Waals surface area contributed by atoms with Crippen molar-refractivity contribution in [3.05, 3.63) is 10.6 Å². The molecule has 4 rings (SSSR count). The lowest BCUT2D eigenvalue weighted by atomic mass is 9.95. The molecule has 1 aliphatic carbocycles. The summed E-state index contributed by atoms with van der Waals surface area (Å²) in [5, 5.41) is 7.16. The van der Waals surface area contributed by atoms with Crippen molar-refractivity contribution < 1.29 is 9.59 Å². The highest BCUT2D eigenvalue weighted by molar-refractivity contribution is 7.71. The summed E-state index contributed by atoms with van der Waals surface area (Å²) in [6.45, 7) is 2.05. The molecule has 3 heterocycles. The molecule has 2 aliphatic heterocycles. The molecular formula is C16H23N5O2S. The van der Waals surface area contributed by atoms with Crippen molar-refractivity contribution in [3.63, 3.8) is 0 Å². The number of hydrogen-bond acceptors (Lipinski definition) is 4. The van der Waals surface area contributed by atoms with E-state index in [1.54, 1.807) is 0 Å². The molecule has 0 spiro atoms. The van der Waals surface area contributed by atoms with E-state index in [0.29, 0.717) is 30.3 Å². The SMILES string of the molecule is Cn1c([C@H]2CCCN(C(=O)[C@@H]3CC(=O)N(C4CC4)C3)C2)n[nH]c1=S. The Labute approximate surface area is 146 Å². The third-order valence-corrected chi connectivity index (χ3v) is 5.87. The van der Waals surface area contributed by atoms with Gasteiger partial charge in [0.1, 0.15) is 5.82 Å². The minimum atomic E-state index is -0.167. The van der Waals surface area contributed by atoms with Crippen LogP contribution in [-0.2, 0) is 16.6 Å². The first-order valence-corrected chi connectivity index (χ1v) is 9.15. The minimum Gasteiger partial charge on any atom is -0.342 e. The van der Waals surface area contributed by atoms with Crippen molar-refractivity contribution in [2.45, 2.75) is 44.1 Å². The summed E-state index contributed by atoms with van der Waals surface area (Å²) in [5.74, 6) is 1.24. The van der Waals surface area contributed by atoms with Crippen LogP contribution in [0.4, 0.5) is 0 Å². The van der Waals surface area contributed by atoms with Crippen LogP contribution < -0.4 is 0 Å². The van der Waals surface area contributed by atoms with Crippen molar-refractivity contribution >= 4 is 24.0 Å². The fraction of sp³-hybridized carbons (Fsp3) is 0.750. The van der Waals surface area contributed by atoms with Gasteiger partial charge in [0.25, 0.3) is 0 Å². The molecule has 1 aromatic rings. The molecule has 1 saturated carbocycles. The lowest BCUT2D eigenvalue weighted by molar-refractivity contribution is -0.137. The number of rotatable bonds is 3. The molecule has 2 amide bonds. The zero-order valence-corrected chi connectivity index (χ0v) is 14.7. The summed E-state index contributed by atoms with van der Waals surface area (Å²) in [5.41, 5.74) is 0. The molecule has 0 aromatic carbocycles. The molecule has 24 heavy (non-hydrogen) atoms. The van der Waals surface area contributed by atoms with Crippen molar-refractivity contribution in [1.29, 1.82) is 0 Å². The Morgan fingerprint density at radius 1 is 1.29 bits per heavy atom. The van der Waals surface area contributed by atoms with E-state index in [4.69, 9.17) is 12.2 Å². The van der Waals surface area contributed by atoms with Gasteiger partial charge in [0, 0.05) is 45.1 Å². The largest absolute Gasteiger partial charge is 0.342 e. The van der Waals surface area contributed by atoms with Crippen LogP contribution in [0.5, 0.6) is 0 Å². The van der Waals surface area contributed by atoms with Gasteiger partial charge in [-0.3, -0.25) is 14.7 Å². The van der Waals surface area contributed by atoms with Gasteiger partial charge in [-0.25, -0.2) is 0 Å². The van der Waals surface area contributed by atoms with Crippen LogP contribution in [0.25, 0.3) is 0 Å². The highest BCUT2D eigenvalue weighted by Crippen LogP contribution is 2.34. The highest BCUT2D eigenvalue weighted by Gasteiger charge is 2.43. The fourth-order valence-electron chi connectivity index (χ4n) is 4.01. The predicted molar refractivity (Wildman–Crippen MR) is 89.8 cm³/mol. The summed E-state index contributed by atoms with van der Waals surface area (Å²) < 4.78 is 2.50. The normalized spacial score (nSPS) is 27.8. The number of likely N-dealkylation sites (tertiary alicyclic amines) is 2. The Balaban J connectivity index is 1.44. The minimum absolute atomic E-state index is 0.132. The Morgan fingerprint density at radius 3 is 2.75 bits per heavy atom. The number of nitrogens with zero attached hydrogens (tertiary/aromatic N) is 4. The molecule has 2 saturated heterocycles. The van der Waals surface area contributed by atoms with E-state index in [9.17, 15) is 9.59 Å². The molecular weight excluding hydrogens is 326 g/mol. The molecule has 0 radical (unpaired) electrons. The van der Waals surface area contributed by atoms with Gasteiger partial charge in [-0.2, -0.15) is 5.10 Å². The van der Waals surface area contributed by atoms with E-state index in [2.05, 4.69) is 10.2 Å².